The fourth-order valence-electron chi connectivity index (χ4n) is 2.28. The fraction of sp³-hybridized carbons (Fsp3) is 0.571. The van der Waals surface area contributed by atoms with E-state index < -0.39 is 0 Å². The molecule has 0 aliphatic heterocycles. The van der Waals surface area contributed by atoms with E-state index in [-0.39, 0.29) is 0 Å². The summed E-state index contributed by atoms with van der Waals surface area (Å²) >= 11 is 0. The zero-order chi connectivity index (χ0) is 11.4. The first-order valence-electron chi connectivity index (χ1n) is 6.25. The summed E-state index contributed by atoms with van der Waals surface area (Å²) in [5.41, 5.74) is 4.28. The van der Waals surface area contributed by atoms with Gasteiger partial charge in [-0.15, -0.1) is 0 Å². The molecule has 0 amide bonds. The summed E-state index contributed by atoms with van der Waals surface area (Å²) < 4.78 is 5.40. The third-order valence-electron chi connectivity index (χ3n) is 3.08. The van der Waals surface area contributed by atoms with Crippen LogP contribution in [0.3, 0.4) is 0 Å². The number of hydrogen-bond acceptors (Lipinski definition) is 2. The molecule has 1 aromatic rings. The Morgan fingerprint density at radius 3 is 2.94 bits per heavy atom. The molecule has 0 spiro atoms. The molecule has 0 aromatic heterocycles. The first-order chi connectivity index (χ1) is 7.79. The van der Waals surface area contributed by atoms with E-state index in [1.54, 1.807) is 0 Å². The van der Waals surface area contributed by atoms with Crippen LogP contribution in [0.15, 0.2) is 18.2 Å². The minimum atomic E-state index is 0.374. The van der Waals surface area contributed by atoms with E-state index in [1.165, 1.54) is 36.1 Å². The van der Waals surface area contributed by atoms with Crippen molar-refractivity contribution in [3.63, 3.8) is 0 Å². The monoisotopic (exact) mass is 219 g/mol. The van der Waals surface area contributed by atoms with E-state index in [0.29, 0.717) is 6.04 Å². The van der Waals surface area contributed by atoms with Crippen molar-refractivity contribution < 1.29 is 4.74 Å². The molecule has 0 heterocycles. The second-order valence-corrected chi connectivity index (χ2v) is 4.54. The highest BCUT2D eigenvalue weighted by Crippen LogP contribution is 2.25. The molecule has 1 atom stereocenters. The SMILES string of the molecule is CCOCC(C)Nc1ccc2c(c1)CCC2. The molecule has 1 aliphatic carbocycles. The number of fused-ring (bicyclic) bond motifs is 1. The maximum absolute atomic E-state index is 5.40. The van der Waals surface area contributed by atoms with Crippen molar-refractivity contribution in [1.82, 2.24) is 0 Å². The first kappa shape index (κ1) is 11.5. The predicted octanol–water partition coefficient (Wildman–Crippen LogP) is 3.01. The number of rotatable bonds is 5. The number of aryl methyl sites for hydroxylation is 2. The van der Waals surface area contributed by atoms with Crippen molar-refractivity contribution in [3.8, 4) is 0 Å². The molecule has 0 radical (unpaired) electrons. The van der Waals surface area contributed by atoms with Gasteiger partial charge in [0.05, 0.1) is 6.61 Å². The molecule has 0 saturated heterocycles. The van der Waals surface area contributed by atoms with Gasteiger partial charge in [0.1, 0.15) is 0 Å². The Morgan fingerprint density at radius 1 is 1.31 bits per heavy atom. The maximum atomic E-state index is 5.40. The highest BCUT2D eigenvalue weighted by Gasteiger charge is 2.11. The Labute approximate surface area is 98.0 Å². The number of nitrogens with one attached hydrogen (secondary N) is 1. The van der Waals surface area contributed by atoms with Gasteiger partial charge in [0, 0.05) is 18.3 Å². The molecule has 2 heteroatoms. The van der Waals surface area contributed by atoms with Crippen LogP contribution in [0.2, 0.25) is 0 Å². The Morgan fingerprint density at radius 2 is 2.12 bits per heavy atom. The molecular formula is C14H21NO. The van der Waals surface area contributed by atoms with E-state index in [4.69, 9.17) is 4.74 Å². The zero-order valence-corrected chi connectivity index (χ0v) is 10.3. The topological polar surface area (TPSA) is 21.3 Å². The summed E-state index contributed by atoms with van der Waals surface area (Å²) in [5.74, 6) is 0. The molecule has 2 rings (SSSR count). The van der Waals surface area contributed by atoms with Crippen LogP contribution in [-0.4, -0.2) is 19.3 Å². The largest absolute Gasteiger partial charge is 0.380 e. The Balaban J connectivity index is 1.94. The van der Waals surface area contributed by atoms with Crippen molar-refractivity contribution in [1.29, 1.82) is 0 Å². The van der Waals surface area contributed by atoms with Gasteiger partial charge in [-0.05, 0) is 56.4 Å². The Kier molecular flexibility index (Phi) is 3.83. The fourth-order valence-corrected chi connectivity index (χ4v) is 2.28. The number of ether oxygens (including phenoxy) is 1. The summed E-state index contributed by atoms with van der Waals surface area (Å²) in [7, 11) is 0. The minimum absolute atomic E-state index is 0.374. The molecule has 0 saturated carbocycles. The lowest BCUT2D eigenvalue weighted by Gasteiger charge is -2.15. The summed E-state index contributed by atoms with van der Waals surface area (Å²) in [6.07, 6.45) is 3.81. The third-order valence-corrected chi connectivity index (χ3v) is 3.08. The van der Waals surface area contributed by atoms with Crippen LogP contribution in [0.4, 0.5) is 5.69 Å². The summed E-state index contributed by atoms with van der Waals surface area (Å²) in [6.45, 7) is 5.74. The number of hydrogen-bond donors (Lipinski definition) is 1. The van der Waals surface area contributed by atoms with Crippen molar-refractivity contribution in [2.24, 2.45) is 0 Å². The summed E-state index contributed by atoms with van der Waals surface area (Å²) in [4.78, 5) is 0. The second kappa shape index (κ2) is 5.35. The van der Waals surface area contributed by atoms with Gasteiger partial charge in [-0.25, -0.2) is 0 Å². The van der Waals surface area contributed by atoms with Crippen LogP contribution in [0.1, 0.15) is 31.4 Å². The first-order valence-corrected chi connectivity index (χ1v) is 6.25. The standard InChI is InChI=1S/C14H21NO/c1-3-16-10-11(2)15-14-8-7-12-5-4-6-13(12)9-14/h7-9,11,15H,3-6,10H2,1-2H3. The smallest absolute Gasteiger partial charge is 0.0664 e. The van der Waals surface area contributed by atoms with Gasteiger partial charge >= 0.3 is 0 Å². The van der Waals surface area contributed by atoms with Crippen LogP contribution in [0.25, 0.3) is 0 Å². The second-order valence-electron chi connectivity index (χ2n) is 4.54. The molecule has 1 N–H and O–H groups in total. The predicted molar refractivity (Wildman–Crippen MR) is 68.0 cm³/mol. The molecular weight excluding hydrogens is 198 g/mol. The van der Waals surface area contributed by atoms with Crippen molar-refractivity contribution in [3.05, 3.63) is 29.3 Å². The van der Waals surface area contributed by atoms with Crippen LogP contribution >= 0.6 is 0 Å². The molecule has 88 valence electrons. The third kappa shape index (κ3) is 2.76. The molecule has 2 nitrogen and oxygen atoms in total. The van der Waals surface area contributed by atoms with E-state index >= 15 is 0 Å². The van der Waals surface area contributed by atoms with Crippen LogP contribution < -0.4 is 5.32 Å². The van der Waals surface area contributed by atoms with Gasteiger partial charge in [-0.2, -0.15) is 0 Å². The van der Waals surface area contributed by atoms with Crippen LogP contribution in [0, 0.1) is 0 Å². The highest BCUT2D eigenvalue weighted by molar-refractivity contribution is 5.50. The van der Waals surface area contributed by atoms with Crippen molar-refractivity contribution in [2.75, 3.05) is 18.5 Å². The van der Waals surface area contributed by atoms with E-state index in [2.05, 4.69) is 30.4 Å². The Hall–Kier alpha value is -1.02. The Bertz CT molecular complexity index is 349. The van der Waals surface area contributed by atoms with Gasteiger partial charge in [0.25, 0.3) is 0 Å². The molecule has 1 aliphatic rings. The summed E-state index contributed by atoms with van der Waals surface area (Å²) in [5, 5.41) is 3.48. The van der Waals surface area contributed by atoms with Gasteiger partial charge < -0.3 is 10.1 Å². The van der Waals surface area contributed by atoms with Gasteiger partial charge in [-0.1, -0.05) is 6.07 Å². The van der Waals surface area contributed by atoms with Crippen LogP contribution in [0.5, 0.6) is 0 Å². The molecule has 1 unspecified atom stereocenters. The van der Waals surface area contributed by atoms with Crippen molar-refractivity contribution in [2.45, 2.75) is 39.2 Å². The molecule has 0 fully saturated rings. The molecule has 16 heavy (non-hydrogen) atoms. The van der Waals surface area contributed by atoms with E-state index in [0.717, 1.165) is 13.2 Å². The lowest BCUT2D eigenvalue weighted by Crippen LogP contribution is -2.21. The minimum Gasteiger partial charge on any atom is -0.380 e. The highest BCUT2D eigenvalue weighted by atomic mass is 16.5. The van der Waals surface area contributed by atoms with E-state index in [1.807, 2.05) is 6.92 Å². The van der Waals surface area contributed by atoms with E-state index in [9.17, 15) is 0 Å². The van der Waals surface area contributed by atoms with Crippen LogP contribution in [-0.2, 0) is 17.6 Å². The van der Waals surface area contributed by atoms with Crippen molar-refractivity contribution >= 4 is 5.69 Å². The zero-order valence-electron chi connectivity index (χ0n) is 10.3. The average Bonchev–Trinajstić information content (AvgIpc) is 2.73. The lowest BCUT2D eigenvalue weighted by molar-refractivity contribution is 0.141. The lowest BCUT2D eigenvalue weighted by atomic mass is 10.1. The normalized spacial score (nSPS) is 15.9. The maximum Gasteiger partial charge on any atom is 0.0664 e. The quantitative estimate of drug-likeness (QED) is 0.822. The molecule has 1 aromatic carbocycles. The number of benzene rings is 1. The summed E-state index contributed by atoms with van der Waals surface area (Å²) in [6, 6.07) is 7.12. The average molecular weight is 219 g/mol. The van der Waals surface area contributed by atoms with Gasteiger partial charge in [-0.3, -0.25) is 0 Å². The number of anilines is 1. The van der Waals surface area contributed by atoms with Gasteiger partial charge in [0.15, 0.2) is 0 Å². The molecule has 0 bridgehead atoms. The van der Waals surface area contributed by atoms with Gasteiger partial charge in [0.2, 0.25) is 0 Å².